The molecule has 1 heterocycles. The number of rotatable bonds is 5. The Morgan fingerprint density at radius 1 is 1.26 bits per heavy atom. The lowest BCUT2D eigenvalue weighted by molar-refractivity contribution is -0.331. The van der Waals surface area contributed by atoms with Crippen LogP contribution in [0.4, 0.5) is 0 Å². The van der Waals surface area contributed by atoms with Crippen LogP contribution in [0.15, 0.2) is 30.3 Å². The monoisotopic (exact) mass is 356 g/mol. The molecule has 0 radical (unpaired) electrons. The molecule has 0 bridgehead atoms. The van der Waals surface area contributed by atoms with Crippen LogP contribution >= 0.6 is 24.0 Å². The van der Waals surface area contributed by atoms with Crippen molar-refractivity contribution in [2.75, 3.05) is 12.9 Å². The molecule has 6 heteroatoms. The standard InChI is InChI=1S/C17H24O4S2/c1-12-15(19-16(22)23-4)14(21-17(2,3)20-12)11-18-10-13-8-6-5-7-9-13/h5-9,12,14-15H,10-11H2,1-4H3/t12-,14-,15+/m0/s1. The van der Waals surface area contributed by atoms with Crippen molar-refractivity contribution in [1.82, 2.24) is 0 Å². The molecule has 0 saturated carbocycles. The van der Waals surface area contributed by atoms with E-state index in [-0.39, 0.29) is 18.3 Å². The van der Waals surface area contributed by atoms with Gasteiger partial charge in [0.25, 0.3) is 0 Å². The van der Waals surface area contributed by atoms with Gasteiger partial charge in [0.05, 0.1) is 19.3 Å². The van der Waals surface area contributed by atoms with Gasteiger partial charge in [-0.1, -0.05) is 42.1 Å². The number of benzene rings is 1. The van der Waals surface area contributed by atoms with Gasteiger partial charge < -0.3 is 18.9 Å². The van der Waals surface area contributed by atoms with Crippen molar-refractivity contribution in [3.05, 3.63) is 35.9 Å². The molecular formula is C17H24O4S2. The number of ether oxygens (including phenoxy) is 4. The first-order chi connectivity index (χ1) is 10.9. The summed E-state index contributed by atoms with van der Waals surface area (Å²) in [6.07, 6.45) is 1.25. The fourth-order valence-electron chi connectivity index (χ4n) is 2.60. The summed E-state index contributed by atoms with van der Waals surface area (Å²) in [5.74, 6) is -0.666. The van der Waals surface area contributed by atoms with Crippen molar-refractivity contribution in [3.63, 3.8) is 0 Å². The van der Waals surface area contributed by atoms with Crippen LogP contribution in [0.2, 0.25) is 0 Å². The van der Waals surface area contributed by atoms with Gasteiger partial charge in [0.2, 0.25) is 4.38 Å². The molecule has 0 N–H and O–H groups in total. The Morgan fingerprint density at radius 3 is 2.61 bits per heavy atom. The molecule has 0 aromatic heterocycles. The lowest BCUT2D eigenvalue weighted by Crippen LogP contribution is -2.56. The summed E-state index contributed by atoms with van der Waals surface area (Å²) < 4.78 is 24.0. The van der Waals surface area contributed by atoms with Gasteiger partial charge in [-0.25, -0.2) is 0 Å². The summed E-state index contributed by atoms with van der Waals surface area (Å²) in [6, 6.07) is 10.1. The summed E-state index contributed by atoms with van der Waals surface area (Å²) in [5.41, 5.74) is 1.13. The van der Waals surface area contributed by atoms with E-state index < -0.39 is 5.79 Å². The quantitative estimate of drug-likeness (QED) is 0.748. The highest BCUT2D eigenvalue weighted by molar-refractivity contribution is 8.22. The van der Waals surface area contributed by atoms with E-state index in [1.54, 1.807) is 0 Å². The Labute approximate surface area is 147 Å². The first-order valence-electron chi connectivity index (χ1n) is 7.63. The van der Waals surface area contributed by atoms with Crippen LogP contribution in [0.25, 0.3) is 0 Å². The molecule has 0 aliphatic carbocycles. The van der Waals surface area contributed by atoms with E-state index in [1.165, 1.54) is 11.8 Å². The lowest BCUT2D eigenvalue weighted by atomic mass is 10.1. The van der Waals surface area contributed by atoms with Crippen molar-refractivity contribution in [2.45, 2.75) is 51.5 Å². The Hall–Kier alpha value is -0.660. The first kappa shape index (κ1) is 18.7. The van der Waals surface area contributed by atoms with Crippen LogP contribution in [0, 0.1) is 0 Å². The predicted octanol–water partition coefficient (Wildman–Crippen LogP) is 3.78. The fourth-order valence-corrected chi connectivity index (χ4v) is 2.92. The van der Waals surface area contributed by atoms with Crippen molar-refractivity contribution in [1.29, 1.82) is 0 Å². The highest BCUT2D eigenvalue weighted by atomic mass is 32.2. The molecule has 4 nitrogen and oxygen atoms in total. The number of thioether (sulfide) groups is 1. The zero-order valence-corrected chi connectivity index (χ0v) is 15.6. The zero-order chi connectivity index (χ0) is 16.9. The van der Waals surface area contributed by atoms with Crippen LogP contribution < -0.4 is 0 Å². The van der Waals surface area contributed by atoms with Gasteiger partial charge in [-0.05, 0) is 44.8 Å². The van der Waals surface area contributed by atoms with Crippen molar-refractivity contribution < 1.29 is 18.9 Å². The highest BCUT2D eigenvalue weighted by Gasteiger charge is 2.43. The SMILES string of the molecule is CSC(=S)O[C@@H]1[C@H](C)OC(C)(C)O[C@H]1COCc1ccccc1. The van der Waals surface area contributed by atoms with E-state index in [0.29, 0.717) is 17.6 Å². The minimum absolute atomic E-state index is 0.130. The fraction of sp³-hybridized carbons (Fsp3) is 0.588. The summed E-state index contributed by atoms with van der Waals surface area (Å²) in [4.78, 5) is 0. The molecule has 1 aliphatic rings. The normalized spacial score (nSPS) is 26.7. The summed E-state index contributed by atoms with van der Waals surface area (Å²) >= 11 is 6.58. The molecule has 1 saturated heterocycles. The maximum atomic E-state index is 6.00. The largest absolute Gasteiger partial charge is 0.470 e. The van der Waals surface area contributed by atoms with Gasteiger partial charge in [0.1, 0.15) is 6.10 Å². The molecule has 23 heavy (non-hydrogen) atoms. The Morgan fingerprint density at radius 2 is 1.96 bits per heavy atom. The van der Waals surface area contributed by atoms with E-state index in [4.69, 9.17) is 31.2 Å². The smallest absolute Gasteiger partial charge is 0.220 e. The second kappa shape index (κ2) is 8.44. The maximum Gasteiger partial charge on any atom is 0.220 e. The lowest BCUT2D eigenvalue weighted by Gasteiger charge is -2.44. The number of hydrogen-bond acceptors (Lipinski definition) is 6. The van der Waals surface area contributed by atoms with Crippen LogP contribution in [0.1, 0.15) is 26.3 Å². The van der Waals surface area contributed by atoms with Gasteiger partial charge >= 0.3 is 0 Å². The van der Waals surface area contributed by atoms with Crippen LogP contribution in [0.5, 0.6) is 0 Å². The van der Waals surface area contributed by atoms with Gasteiger partial charge in [-0.3, -0.25) is 0 Å². The third-order valence-corrected chi connectivity index (χ3v) is 4.55. The minimum atomic E-state index is -0.666. The van der Waals surface area contributed by atoms with Gasteiger partial charge in [0.15, 0.2) is 11.9 Å². The topological polar surface area (TPSA) is 36.9 Å². The molecule has 1 aromatic rings. The van der Waals surface area contributed by atoms with E-state index in [0.717, 1.165) is 5.56 Å². The van der Waals surface area contributed by atoms with E-state index in [2.05, 4.69) is 0 Å². The average Bonchev–Trinajstić information content (AvgIpc) is 2.50. The Kier molecular flexibility index (Phi) is 6.85. The second-order valence-electron chi connectivity index (χ2n) is 5.92. The molecule has 0 amide bonds. The molecule has 2 rings (SSSR count). The van der Waals surface area contributed by atoms with Crippen molar-refractivity contribution in [2.24, 2.45) is 0 Å². The van der Waals surface area contributed by atoms with Gasteiger partial charge in [-0.15, -0.1) is 0 Å². The van der Waals surface area contributed by atoms with Crippen LogP contribution in [-0.2, 0) is 25.6 Å². The van der Waals surface area contributed by atoms with E-state index in [9.17, 15) is 0 Å². The highest BCUT2D eigenvalue weighted by Crippen LogP contribution is 2.30. The summed E-state index contributed by atoms with van der Waals surface area (Å²) in [5, 5.41) is 0. The molecule has 3 atom stereocenters. The maximum absolute atomic E-state index is 6.00. The Balaban J connectivity index is 1.96. The van der Waals surface area contributed by atoms with E-state index in [1.807, 2.05) is 57.4 Å². The Bertz CT molecular complexity index is 507. The van der Waals surface area contributed by atoms with Gasteiger partial charge in [0, 0.05) is 0 Å². The third-order valence-electron chi connectivity index (χ3n) is 3.53. The van der Waals surface area contributed by atoms with E-state index >= 15 is 0 Å². The zero-order valence-electron chi connectivity index (χ0n) is 14.0. The second-order valence-corrected chi connectivity index (χ2v) is 7.32. The molecule has 0 spiro atoms. The van der Waals surface area contributed by atoms with Crippen molar-refractivity contribution >= 4 is 28.4 Å². The molecule has 128 valence electrons. The summed E-state index contributed by atoms with van der Waals surface area (Å²) in [6.45, 7) is 6.74. The minimum Gasteiger partial charge on any atom is -0.470 e. The first-order valence-corrected chi connectivity index (χ1v) is 9.26. The molecule has 1 aromatic carbocycles. The van der Waals surface area contributed by atoms with Crippen LogP contribution in [-0.4, -0.2) is 41.3 Å². The van der Waals surface area contributed by atoms with Crippen LogP contribution in [0.3, 0.4) is 0 Å². The van der Waals surface area contributed by atoms with Crippen molar-refractivity contribution in [3.8, 4) is 0 Å². The number of hydrogen-bond donors (Lipinski definition) is 0. The average molecular weight is 357 g/mol. The molecule has 1 aliphatic heterocycles. The molecular weight excluding hydrogens is 332 g/mol. The molecule has 0 unspecified atom stereocenters. The van der Waals surface area contributed by atoms with Gasteiger partial charge in [-0.2, -0.15) is 0 Å². The summed E-state index contributed by atoms with van der Waals surface area (Å²) in [7, 11) is 0. The predicted molar refractivity (Wildman–Crippen MR) is 96.6 cm³/mol. The number of thiocarbonyl (C=S) groups is 1. The molecule has 1 fully saturated rings. The third kappa shape index (κ3) is 5.72.